The van der Waals surface area contributed by atoms with Crippen molar-refractivity contribution in [3.05, 3.63) is 69.0 Å². The lowest BCUT2D eigenvalue weighted by atomic mass is 10.1. The minimum absolute atomic E-state index is 0.163. The maximum atomic E-state index is 13.1. The van der Waals surface area contributed by atoms with Crippen LogP contribution in [0.5, 0.6) is 0 Å². The molecule has 1 aliphatic heterocycles. The van der Waals surface area contributed by atoms with Crippen molar-refractivity contribution in [2.45, 2.75) is 6.18 Å². The first kappa shape index (κ1) is 21.5. The summed E-state index contributed by atoms with van der Waals surface area (Å²) in [5.74, 6) is -1.25. The van der Waals surface area contributed by atoms with Crippen LogP contribution in [0.3, 0.4) is 0 Å². The van der Waals surface area contributed by atoms with E-state index in [-0.39, 0.29) is 10.0 Å². The SMILES string of the molecule is O=C(CN1C(=O)C(=Cc2cccc(Br)c2)SC1=S)Nc1ccccc1C(F)(F)F. The Bertz CT molecular complexity index is 1020. The van der Waals surface area contributed by atoms with Gasteiger partial charge in [0.15, 0.2) is 0 Å². The molecular weight excluding hydrogens is 489 g/mol. The molecule has 1 fully saturated rings. The third kappa shape index (κ3) is 5.26. The smallest absolute Gasteiger partial charge is 0.324 e. The van der Waals surface area contributed by atoms with Crippen molar-refractivity contribution in [3.8, 4) is 0 Å². The Balaban J connectivity index is 1.73. The summed E-state index contributed by atoms with van der Waals surface area (Å²) in [4.78, 5) is 26.3. The number of thioether (sulfide) groups is 1. The molecule has 1 saturated heterocycles. The maximum absolute atomic E-state index is 13.1. The van der Waals surface area contributed by atoms with Crippen molar-refractivity contribution in [2.75, 3.05) is 11.9 Å². The fourth-order valence-corrected chi connectivity index (χ4v) is 4.23. The molecule has 2 aromatic carbocycles. The van der Waals surface area contributed by atoms with Gasteiger partial charge in [0, 0.05) is 4.47 Å². The fourth-order valence-electron chi connectivity index (χ4n) is 2.56. The monoisotopic (exact) mass is 500 g/mol. The van der Waals surface area contributed by atoms with Gasteiger partial charge in [-0.25, -0.2) is 0 Å². The predicted octanol–water partition coefficient (Wildman–Crippen LogP) is 5.31. The number of alkyl halides is 3. The van der Waals surface area contributed by atoms with E-state index >= 15 is 0 Å². The van der Waals surface area contributed by atoms with E-state index in [4.69, 9.17) is 12.2 Å². The Hall–Kier alpha value is -2.17. The quantitative estimate of drug-likeness (QED) is 0.456. The molecule has 0 bridgehead atoms. The van der Waals surface area contributed by atoms with Gasteiger partial charge in [0.25, 0.3) is 5.91 Å². The molecule has 0 saturated carbocycles. The Morgan fingerprint density at radius 2 is 1.93 bits per heavy atom. The summed E-state index contributed by atoms with van der Waals surface area (Å²) in [6.45, 7) is -0.479. The molecule has 0 aromatic heterocycles. The van der Waals surface area contributed by atoms with Crippen LogP contribution in [0, 0.1) is 0 Å². The first-order chi connectivity index (χ1) is 13.6. The van der Waals surface area contributed by atoms with E-state index in [0.29, 0.717) is 4.91 Å². The molecule has 0 spiro atoms. The number of rotatable bonds is 4. The van der Waals surface area contributed by atoms with Crippen LogP contribution in [-0.4, -0.2) is 27.6 Å². The molecule has 0 unspecified atom stereocenters. The predicted molar refractivity (Wildman–Crippen MR) is 114 cm³/mol. The van der Waals surface area contributed by atoms with E-state index in [1.165, 1.54) is 12.1 Å². The lowest BCUT2D eigenvalue weighted by Crippen LogP contribution is -2.36. The molecule has 0 aliphatic carbocycles. The Labute approximate surface area is 182 Å². The molecule has 1 aliphatic rings. The van der Waals surface area contributed by atoms with Crippen molar-refractivity contribution in [1.82, 2.24) is 4.90 Å². The standard InChI is InChI=1S/C19H12BrF3N2O2S2/c20-12-5-3-4-11(8-12)9-15-17(27)25(18(28)29-15)10-16(26)24-14-7-2-1-6-13(14)19(21,22)23/h1-9H,10H2,(H,24,26). The first-order valence-corrected chi connectivity index (χ1v) is 10.1. The third-order valence-corrected chi connectivity index (χ3v) is 5.70. The number of hydrogen-bond donors (Lipinski definition) is 1. The topological polar surface area (TPSA) is 49.4 Å². The summed E-state index contributed by atoms with van der Waals surface area (Å²) in [5.41, 5.74) is -0.572. The summed E-state index contributed by atoms with van der Waals surface area (Å²) in [7, 11) is 0. The van der Waals surface area contributed by atoms with E-state index in [2.05, 4.69) is 21.2 Å². The summed E-state index contributed by atoms with van der Waals surface area (Å²) in [6, 6.07) is 11.9. The molecule has 1 N–H and O–H groups in total. The van der Waals surface area contributed by atoms with Crippen molar-refractivity contribution < 1.29 is 22.8 Å². The number of hydrogen-bond acceptors (Lipinski definition) is 4. The van der Waals surface area contributed by atoms with Gasteiger partial charge in [-0.3, -0.25) is 14.5 Å². The van der Waals surface area contributed by atoms with Gasteiger partial charge in [-0.15, -0.1) is 0 Å². The zero-order valence-electron chi connectivity index (χ0n) is 14.5. The van der Waals surface area contributed by atoms with E-state index < -0.39 is 30.1 Å². The number of nitrogens with zero attached hydrogens (tertiary/aromatic N) is 1. The van der Waals surface area contributed by atoms with Crippen molar-refractivity contribution in [1.29, 1.82) is 0 Å². The van der Waals surface area contributed by atoms with Crippen LogP contribution in [0.4, 0.5) is 18.9 Å². The van der Waals surface area contributed by atoms with E-state index in [1.54, 1.807) is 12.1 Å². The second-order valence-electron chi connectivity index (χ2n) is 5.91. The number of carbonyl (C=O) groups is 2. The molecule has 0 radical (unpaired) electrons. The van der Waals surface area contributed by atoms with Crippen LogP contribution in [0.15, 0.2) is 57.9 Å². The first-order valence-electron chi connectivity index (χ1n) is 8.12. The fraction of sp³-hybridized carbons (Fsp3) is 0.105. The molecule has 10 heteroatoms. The molecule has 3 rings (SSSR count). The van der Waals surface area contributed by atoms with Crippen LogP contribution >= 0.6 is 39.9 Å². The molecule has 4 nitrogen and oxygen atoms in total. The highest BCUT2D eigenvalue weighted by molar-refractivity contribution is 9.10. The minimum Gasteiger partial charge on any atom is -0.324 e. The van der Waals surface area contributed by atoms with Crippen molar-refractivity contribution >= 4 is 67.8 Å². The molecule has 29 heavy (non-hydrogen) atoms. The van der Waals surface area contributed by atoms with Gasteiger partial charge < -0.3 is 5.32 Å². The van der Waals surface area contributed by atoms with Gasteiger partial charge in [-0.1, -0.05) is 64.2 Å². The van der Waals surface area contributed by atoms with Crippen LogP contribution < -0.4 is 5.32 Å². The number of carbonyl (C=O) groups excluding carboxylic acids is 2. The largest absolute Gasteiger partial charge is 0.418 e. The Morgan fingerprint density at radius 3 is 2.62 bits per heavy atom. The number of para-hydroxylation sites is 1. The van der Waals surface area contributed by atoms with Gasteiger partial charge >= 0.3 is 6.18 Å². The van der Waals surface area contributed by atoms with Crippen LogP contribution in [0.2, 0.25) is 0 Å². The average Bonchev–Trinajstić information content (AvgIpc) is 2.89. The van der Waals surface area contributed by atoms with Gasteiger partial charge in [0.1, 0.15) is 10.9 Å². The number of anilines is 1. The highest BCUT2D eigenvalue weighted by Gasteiger charge is 2.35. The molecule has 2 amide bonds. The van der Waals surface area contributed by atoms with Crippen molar-refractivity contribution in [3.63, 3.8) is 0 Å². The second kappa shape index (κ2) is 8.68. The third-order valence-electron chi connectivity index (χ3n) is 3.83. The van der Waals surface area contributed by atoms with Gasteiger partial charge in [-0.05, 0) is 35.9 Å². The van der Waals surface area contributed by atoms with Crippen molar-refractivity contribution in [2.24, 2.45) is 0 Å². The highest BCUT2D eigenvalue weighted by Crippen LogP contribution is 2.35. The van der Waals surface area contributed by atoms with Crippen LogP contribution in [-0.2, 0) is 15.8 Å². The normalized spacial score (nSPS) is 15.9. The molecule has 2 aromatic rings. The lowest BCUT2D eigenvalue weighted by molar-refractivity contribution is -0.137. The van der Waals surface area contributed by atoms with E-state index in [9.17, 15) is 22.8 Å². The number of halogens is 4. The van der Waals surface area contributed by atoms with E-state index in [1.807, 2.05) is 18.2 Å². The number of thiocarbonyl (C=S) groups is 1. The molecule has 0 atom stereocenters. The summed E-state index contributed by atoms with van der Waals surface area (Å²) in [5, 5.41) is 2.21. The summed E-state index contributed by atoms with van der Waals surface area (Å²) < 4.78 is 40.2. The molecule has 1 heterocycles. The highest BCUT2D eigenvalue weighted by atomic mass is 79.9. The Morgan fingerprint density at radius 1 is 1.21 bits per heavy atom. The zero-order chi connectivity index (χ0) is 21.2. The van der Waals surface area contributed by atoms with Crippen LogP contribution in [0.1, 0.15) is 11.1 Å². The maximum Gasteiger partial charge on any atom is 0.418 e. The van der Waals surface area contributed by atoms with Gasteiger partial charge in [-0.2, -0.15) is 13.2 Å². The lowest BCUT2D eigenvalue weighted by Gasteiger charge is -2.16. The van der Waals surface area contributed by atoms with Gasteiger partial charge in [0.2, 0.25) is 5.91 Å². The number of benzene rings is 2. The zero-order valence-corrected chi connectivity index (χ0v) is 17.7. The molecular formula is C19H12BrF3N2O2S2. The molecule has 150 valence electrons. The number of nitrogens with one attached hydrogen (secondary N) is 1. The minimum atomic E-state index is -4.61. The number of amides is 2. The Kier molecular flexibility index (Phi) is 6.45. The van der Waals surface area contributed by atoms with Gasteiger partial charge in [0.05, 0.1) is 16.2 Å². The van der Waals surface area contributed by atoms with Crippen LogP contribution in [0.25, 0.3) is 6.08 Å². The summed E-state index contributed by atoms with van der Waals surface area (Å²) in [6.07, 6.45) is -2.97. The summed E-state index contributed by atoms with van der Waals surface area (Å²) >= 11 is 9.54. The average molecular weight is 501 g/mol. The van der Waals surface area contributed by atoms with E-state index in [0.717, 1.165) is 38.8 Å². The second-order valence-corrected chi connectivity index (χ2v) is 8.51.